The van der Waals surface area contributed by atoms with Gasteiger partial charge in [0.05, 0.1) is 30.1 Å². The number of ether oxygens (including phenoxy) is 1. The van der Waals surface area contributed by atoms with Gasteiger partial charge in [-0.3, -0.25) is 14.9 Å². The van der Waals surface area contributed by atoms with Crippen molar-refractivity contribution < 1.29 is 33.1 Å². The number of piperazine rings is 1. The zero-order valence-electron chi connectivity index (χ0n) is 23.2. The average Bonchev–Trinajstić information content (AvgIpc) is 3.78. The largest absolute Gasteiger partial charge is 0.506 e. The molecule has 12 heteroatoms. The molecule has 8 nitrogen and oxygen atoms in total. The van der Waals surface area contributed by atoms with Gasteiger partial charge in [0.2, 0.25) is 0 Å². The predicted molar refractivity (Wildman–Crippen MR) is 151 cm³/mol. The number of hydroxylamine groups is 2. The van der Waals surface area contributed by atoms with E-state index in [1.54, 1.807) is 12.3 Å². The third-order valence-electron chi connectivity index (χ3n) is 8.84. The Kier molecular flexibility index (Phi) is 9.32. The summed E-state index contributed by atoms with van der Waals surface area (Å²) in [7, 11) is 1.20. The predicted octanol–water partition coefficient (Wildman–Crippen LogP) is 4.98. The number of hydrogen-bond acceptors (Lipinski definition) is 8. The number of allylic oxidation sites excluding steroid dienone is 5. The molecule has 0 amide bonds. The lowest BCUT2D eigenvalue weighted by atomic mass is 9.81. The number of hydrogen-bond donors (Lipinski definition) is 3. The van der Waals surface area contributed by atoms with Gasteiger partial charge < -0.3 is 20.1 Å². The highest BCUT2D eigenvalue weighted by Gasteiger charge is 2.51. The van der Waals surface area contributed by atoms with Crippen molar-refractivity contribution >= 4 is 17.2 Å². The number of alkyl halides is 3. The quantitative estimate of drug-likeness (QED) is 0.184. The first-order valence-electron chi connectivity index (χ1n) is 14.3. The van der Waals surface area contributed by atoms with Crippen LogP contribution >= 0.6 is 12.2 Å². The number of aliphatic hydroxyl groups excluding tert-OH is 1. The molecule has 3 fully saturated rings. The first kappa shape index (κ1) is 29.9. The number of thiocarbonyl (C=S) groups is 1. The van der Waals surface area contributed by atoms with Crippen molar-refractivity contribution in [1.82, 2.24) is 20.3 Å². The molecule has 3 aliphatic carbocycles. The summed E-state index contributed by atoms with van der Waals surface area (Å²) in [5, 5.41) is 23.1. The Morgan fingerprint density at radius 2 is 1.88 bits per heavy atom. The number of dihydropyridines is 1. The molecule has 4 atom stereocenters. The van der Waals surface area contributed by atoms with E-state index in [0.717, 1.165) is 62.4 Å². The van der Waals surface area contributed by atoms with Crippen molar-refractivity contribution in [1.29, 1.82) is 0 Å². The Morgan fingerprint density at radius 3 is 2.49 bits per heavy atom. The van der Waals surface area contributed by atoms with Gasteiger partial charge in [-0.25, -0.2) is 13.2 Å². The molecule has 4 unspecified atom stereocenters. The smallest absolute Gasteiger partial charge is 0.273 e. The maximum absolute atomic E-state index is 14.5. The zero-order valence-corrected chi connectivity index (χ0v) is 24.0. The van der Waals surface area contributed by atoms with Crippen LogP contribution in [0.3, 0.4) is 0 Å². The molecular formula is C29H39F3N4O4S. The van der Waals surface area contributed by atoms with Gasteiger partial charge in [0.25, 0.3) is 6.43 Å². The second kappa shape index (κ2) is 12.8. The zero-order chi connectivity index (χ0) is 29.3. The Morgan fingerprint density at radius 1 is 1.17 bits per heavy atom. The summed E-state index contributed by atoms with van der Waals surface area (Å²) in [6, 6.07) is 0. The summed E-state index contributed by atoms with van der Waals surface area (Å²) in [6.07, 6.45) is 5.51. The molecule has 5 aliphatic rings. The van der Waals surface area contributed by atoms with Crippen molar-refractivity contribution in [2.45, 2.75) is 63.4 Å². The molecule has 0 aromatic rings. The first-order chi connectivity index (χ1) is 19.7. The van der Waals surface area contributed by atoms with Gasteiger partial charge >= 0.3 is 0 Å². The molecule has 0 radical (unpaired) electrons. The highest BCUT2D eigenvalue weighted by atomic mass is 32.1. The summed E-state index contributed by atoms with van der Waals surface area (Å²) < 4.78 is 47.2. The van der Waals surface area contributed by atoms with E-state index >= 15 is 0 Å². The minimum atomic E-state index is -3.21. The molecule has 2 heterocycles. The van der Waals surface area contributed by atoms with E-state index < -0.39 is 12.6 Å². The number of nitrogens with one attached hydrogen (secondary N) is 1. The summed E-state index contributed by atoms with van der Waals surface area (Å²) in [6.45, 7) is 7.77. The fourth-order valence-electron chi connectivity index (χ4n) is 6.36. The topological polar surface area (TPSA) is 80.7 Å². The summed E-state index contributed by atoms with van der Waals surface area (Å²) in [4.78, 5) is 10.3. The van der Waals surface area contributed by atoms with E-state index in [0.29, 0.717) is 29.7 Å². The van der Waals surface area contributed by atoms with Crippen molar-refractivity contribution in [3.05, 3.63) is 59.4 Å². The van der Waals surface area contributed by atoms with E-state index in [9.17, 15) is 23.5 Å². The molecular weight excluding hydrogens is 557 g/mol. The number of aliphatic hydroxyl groups is 1. The Hall–Kier alpha value is -2.54. The number of fused-ring (bicyclic) bond motifs is 1. The van der Waals surface area contributed by atoms with Crippen LogP contribution in [0.25, 0.3) is 0 Å². The maximum Gasteiger partial charge on any atom is 0.273 e. The lowest BCUT2D eigenvalue weighted by molar-refractivity contribution is -0.303. The molecule has 226 valence electrons. The summed E-state index contributed by atoms with van der Waals surface area (Å²) in [5.41, 5.74) is 0.897. The summed E-state index contributed by atoms with van der Waals surface area (Å²) >= 11 is 5.79. The van der Waals surface area contributed by atoms with Gasteiger partial charge in [0.15, 0.2) is 6.17 Å². The van der Waals surface area contributed by atoms with Gasteiger partial charge in [-0.1, -0.05) is 24.4 Å². The molecule has 41 heavy (non-hydrogen) atoms. The molecule has 5 rings (SSSR count). The molecule has 3 N–H and O–H groups in total. The highest BCUT2D eigenvalue weighted by molar-refractivity contribution is 7.80. The number of halogens is 3. The van der Waals surface area contributed by atoms with E-state index in [-0.39, 0.29) is 41.1 Å². The number of nitrogens with zero attached hydrogens (tertiary/aromatic N) is 3. The Bertz CT molecular complexity index is 1130. The SMILES string of the molecule is C=C(CC(=S)N1CCN(C2C=CC(O)=CN2)CC1)C1CCC(OC2=CC(C(F)C(F)F)=C(N(O)OC)C3CC23)CC1. The van der Waals surface area contributed by atoms with Crippen LogP contribution in [0.15, 0.2) is 59.4 Å². The van der Waals surface area contributed by atoms with Crippen LogP contribution in [0.5, 0.6) is 0 Å². The maximum atomic E-state index is 14.5. The fraction of sp³-hybridized carbons (Fsp3) is 0.621. The Balaban J connectivity index is 1.09. The van der Waals surface area contributed by atoms with Gasteiger partial charge in [-0.05, 0) is 56.3 Å². The Labute approximate surface area is 244 Å². The van der Waals surface area contributed by atoms with E-state index in [1.807, 2.05) is 6.08 Å². The van der Waals surface area contributed by atoms with Crippen LogP contribution in [-0.4, -0.2) is 88.5 Å². The van der Waals surface area contributed by atoms with Gasteiger partial charge in [0, 0.05) is 56.2 Å². The minimum absolute atomic E-state index is 0.0509. The van der Waals surface area contributed by atoms with Gasteiger partial charge in [-0.15, -0.1) is 5.23 Å². The summed E-state index contributed by atoms with van der Waals surface area (Å²) in [5.74, 6) is 0.717. The molecule has 1 saturated heterocycles. The first-order valence-corrected chi connectivity index (χ1v) is 14.7. The second-order valence-electron chi connectivity index (χ2n) is 11.4. The lowest BCUT2D eigenvalue weighted by Crippen LogP contribution is -2.54. The molecule has 0 spiro atoms. The van der Waals surface area contributed by atoms with E-state index in [1.165, 1.54) is 13.2 Å². The lowest BCUT2D eigenvalue weighted by Gasteiger charge is -2.40. The number of rotatable bonds is 10. The standard InChI is InChI=1S/C29H39F3N4O4S/c1-17(13-26(41)35-11-9-34(10-12-35)25-8-5-19(37)16-33-25)18-3-6-20(7-4-18)40-24-15-23(27(30)29(31)32)28(36(38)39-2)22-14-21(22)24/h5,8,15-16,18,20-22,25,27,29,33,37-38H,1,3-4,6-7,9-14H2,2H3. The molecule has 2 aliphatic heterocycles. The van der Waals surface area contributed by atoms with E-state index in [2.05, 4.69) is 21.7 Å². The van der Waals surface area contributed by atoms with E-state index in [4.69, 9.17) is 21.8 Å². The second-order valence-corrected chi connectivity index (χ2v) is 11.9. The third-order valence-corrected chi connectivity index (χ3v) is 9.24. The molecule has 0 aromatic carbocycles. The third kappa shape index (κ3) is 6.76. The van der Waals surface area contributed by atoms with Crippen molar-refractivity contribution in [2.75, 3.05) is 33.3 Å². The van der Waals surface area contributed by atoms with Crippen LogP contribution < -0.4 is 5.32 Å². The van der Waals surface area contributed by atoms with Crippen molar-refractivity contribution in [3.63, 3.8) is 0 Å². The van der Waals surface area contributed by atoms with Crippen LogP contribution in [0.4, 0.5) is 13.2 Å². The van der Waals surface area contributed by atoms with Crippen LogP contribution in [0, 0.1) is 17.8 Å². The van der Waals surface area contributed by atoms with Crippen molar-refractivity contribution in [2.24, 2.45) is 17.8 Å². The minimum Gasteiger partial charge on any atom is -0.506 e. The molecule has 0 bridgehead atoms. The normalized spacial score (nSPS) is 30.7. The average molecular weight is 597 g/mol. The van der Waals surface area contributed by atoms with Gasteiger partial charge in [0.1, 0.15) is 11.5 Å². The molecule has 0 aromatic heterocycles. The highest BCUT2D eigenvalue weighted by Crippen LogP contribution is 2.55. The van der Waals surface area contributed by atoms with Crippen LogP contribution in [-0.2, 0) is 9.57 Å². The monoisotopic (exact) mass is 596 g/mol. The van der Waals surface area contributed by atoms with Crippen LogP contribution in [0.1, 0.15) is 38.5 Å². The fourth-order valence-corrected chi connectivity index (χ4v) is 6.73. The van der Waals surface area contributed by atoms with Crippen molar-refractivity contribution in [3.8, 4) is 0 Å². The van der Waals surface area contributed by atoms with Crippen LogP contribution in [0.2, 0.25) is 0 Å². The molecule has 2 saturated carbocycles. The van der Waals surface area contributed by atoms with Gasteiger partial charge in [-0.2, -0.15) is 0 Å².